The molecule has 2 fully saturated rings. The van der Waals surface area contributed by atoms with Crippen molar-refractivity contribution in [1.82, 2.24) is 21.3 Å². The van der Waals surface area contributed by atoms with Crippen molar-refractivity contribution in [2.24, 2.45) is 11.8 Å². The zero-order valence-electron chi connectivity index (χ0n) is 26.3. The van der Waals surface area contributed by atoms with Gasteiger partial charge in [0.05, 0.1) is 0 Å². The summed E-state index contributed by atoms with van der Waals surface area (Å²) in [5.41, 5.74) is 0.675. The van der Waals surface area contributed by atoms with E-state index in [9.17, 15) is 9.59 Å². The number of unbranched alkanes of at least 4 members (excludes halogenated alkanes) is 5. The Balaban J connectivity index is 1.42. The number of carbonyl (C=O) groups is 2. The van der Waals surface area contributed by atoms with Crippen molar-refractivity contribution in [3.05, 3.63) is 0 Å². The molecule has 0 unspecified atom stereocenters. The van der Waals surface area contributed by atoms with Gasteiger partial charge in [0.2, 0.25) is 11.8 Å². The average Bonchev–Trinajstić information content (AvgIpc) is 2.71. The molecule has 0 aromatic carbocycles. The maximum absolute atomic E-state index is 12.2. The van der Waals surface area contributed by atoms with Crippen molar-refractivity contribution in [3.63, 3.8) is 0 Å². The molecule has 2 rings (SSSR count). The molecule has 222 valence electrons. The van der Waals surface area contributed by atoms with E-state index in [4.69, 9.17) is 0 Å². The molecule has 2 saturated heterocycles. The van der Waals surface area contributed by atoms with Crippen LogP contribution in [0.3, 0.4) is 0 Å². The van der Waals surface area contributed by atoms with Crippen LogP contribution in [0.25, 0.3) is 0 Å². The van der Waals surface area contributed by atoms with Gasteiger partial charge in [0.25, 0.3) is 0 Å². The smallest absolute Gasteiger partial charge is 0.219 e. The lowest BCUT2D eigenvalue weighted by Crippen LogP contribution is -2.58. The van der Waals surface area contributed by atoms with Gasteiger partial charge >= 0.3 is 0 Å². The molecule has 0 atom stereocenters. The molecule has 4 N–H and O–H groups in total. The Morgan fingerprint density at radius 1 is 0.553 bits per heavy atom. The van der Waals surface area contributed by atoms with Gasteiger partial charge in [0, 0.05) is 48.1 Å². The van der Waals surface area contributed by atoms with Crippen LogP contribution in [0.5, 0.6) is 0 Å². The van der Waals surface area contributed by atoms with Crippen LogP contribution in [-0.2, 0) is 9.59 Å². The third-order valence-corrected chi connectivity index (χ3v) is 8.36. The van der Waals surface area contributed by atoms with Crippen LogP contribution in [0.4, 0.5) is 0 Å². The SMILES string of the molecule is CC1(C)CC(CCNC(=O)CCCCCCCCC(=O)NCCC2CC(C)(C)NC(C)(C)C2)CC(C)(C)N1. The molecular weight excluding hydrogens is 472 g/mol. The summed E-state index contributed by atoms with van der Waals surface area (Å²) in [5.74, 6) is 1.73. The Morgan fingerprint density at radius 3 is 1.16 bits per heavy atom. The van der Waals surface area contributed by atoms with Crippen molar-refractivity contribution in [3.8, 4) is 0 Å². The number of nitrogens with one attached hydrogen (secondary N) is 4. The highest BCUT2D eigenvalue weighted by molar-refractivity contribution is 5.76. The summed E-state index contributed by atoms with van der Waals surface area (Å²) < 4.78 is 0. The zero-order valence-corrected chi connectivity index (χ0v) is 26.3. The molecule has 2 heterocycles. The Hall–Kier alpha value is -1.14. The van der Waals surface area contributed by atoms with E-state index in [1.807, 2.05) is 0 Å². The van der Waals surface area contributed by atoms with Crippen LogP contribution in [-0.4, -0.2) is 47.1 Å². The minimum Gasteiger partial charge on any atom is -0.356 e. The molecule has 2 aliphatic heterocycles. The predicted octanol–water partition coefficient (Wildman–Crippen LogP) is 6.23. The Labute approximate surface area is 235 Å². The van der Waals surface area contributed by atoms with Crippen LogP contribution in [0, 0.1) is 11.8 Å². The molecule has 0 aromatic rings. The summed E-state index contributed by atoms with van der Waals surface area (Å²) in [6.07, 6.45) is 14.5. The van der Waals surface area contributed by atoms with Gasteiger partial charge in [-0.25, -0.2) is 0 Å². The fourth-order valence-corrected chi connectivity index (χ4v) is 7.76. The lowest BCUT2D eigenvalue weighted by Gasteiger charge is -2.46. The Kier molecular flexibility index (Phi) is 12.6. The second-order valence-corrected chi connectivity index (χ2v) is 15.2. The first kappa shape index (κ1) is 33.1. The summed E-state index contributed by atoms with van der Waals surface area (Å²) in [6.45, 7) is 19.9. The van der Waals surface area contributed by atoms with Crippen molar-refractivity contribution < 1.29 is 9.59 Å². The summed E-state index contributed by atoms with van der Waals surface area (Å²) in [7, 11) is 0. The van der Waals surface area contributed by atoms with E-state index in [0.717, 1.165) is 64.5 Å². The molecular formula is C32H62N4O2. The second-order valence-electron chi connectivity index (χ2n) is 15.2. The lowest BCUT2D eigenvalue weighted by atomic mass is 9.74. The van der Waals surface area contributed by atoms with Crippen LogP contribution in [0.1, 0.15) is 145 Å². The van der Waals surface area contributed by atoms with E-state index in [2.05, 4.69) is 76.7 Å². The largest absolute Gasteiger partial charge is 0.356 e. The molecule has 6 heteroatoms. The maximum atomic E-state index is 12.2. The molecule has 0 saturated carbocycles. The molecule has 6 nitrogen and oxygen atoms in total. The van der Waals surface area contributed by atoms with Gasteiger partial charge < -0.3 is 21.3 Å². The molecule has 2 amide bonds. The van der Waals surface area contributed by atoms with Crippen molar-refractivity contribution in [1.29, 1.82) is 0 Å². The number of amides is 2. The quantitative estimate of drug-likeness (QED) is 0.188. The Bertz CT molecular complexity index is 650. The second kappa shape index (κ2) is 14.5. The number of rotatable bonds is 15. The van der Waals surface area contributed by atoms with Crippen molar-refractivity contribution in [2.45, 2.75) is 167 Å². The molecule has 2 aliphatic rings. The molecule has 0 spiro atoms. The summed E-state index contributed by atoms with van der Waals surface area (Å²) in [4.78, 5) is 24.5. The van der Waals surface area contributed by atoms with Crippen molar-refractivity contribution >= 4 is 11.8 Å². The highest BCUT2D eigenvalue weighted by atomic mass is 16.2. The predicted molar refractivity (Wildman–Crippen MR) is 160 cm³/mol. The first-order chi connectivity index (χ1) is 17.6. The third kappa shape index (κ3) is 13.8. The van der Waals surface area contributed by atoms with Gasteiger partial charge in [-0.15, -0.1) is 0 Å². The average molecular weight is 535 g/mol. The summed E-state index contributed by atoms with van der Waals surface area (Å²) in [5, 5.41) is 13.8. The van der Waals surface area contributed by atoms with Gasteiger partial charge in [-0.05, 0) is 119 Å². The number of hydrogen-bond acceptors (Lipinski definition) is 4. The van der Waals surface area contributed by atoms with Gasteiger partial charge in [-0.3, -0.25) is 9.59 Å². The van der Waals surface area contributed by atoms with Gasteiger partial charge in [-0.1, -0.05) is 25.7 Å². The van der Waals surface area contributed by atoms with Crippen LogP contribution < -0.4 is 21.3 Å². The normalized spacial score (nSPS) is 22.6. The maximum Gasteiger partial charge on any atom is 0.219 e. The number of carbonyl (C=O) groups excluding carboxylic acids is 2. The van der Waals surface area contributed by atoms with Gasteiger partial charge in [0.15, 0.2) is 0 Å². The lowest BCUT2D eigenvalue weighted by molar-refractivity contribution is -0.122. The first-order valence-electron chi connectivity index (χ1n) is 15.7. The van der Waals surface area contributed by atoms with Gasteiger partial charge in [-0.2, -0.15) is 0 Å². The molecule has 0 aliphatic carbocycles. The van der Waals surface area contributed by atoms with Gasteiger partial charge in [0.1, 0.15) is 0 Å². The van der Waals surface area contributed by atoms with E-state index in [1.54, 1.807) is 0 Å². The monoisotopic (exact) mass is 534 g/mol. The molecule has 0 bridgehead atoms. The fraction of sp³-hybridized carbons (Fsp3) is 0.938. The number of hydrogen-bond donors (Lipinski definition) is 4. The highest BCUT2D eigenvalue weighted by Crippen LogP contribution is 2.35. The van der Waals surface area contributed by atoms with E-state index < -0.39 is 0 Å². The fourth-order valence-electron chi connectivity index (χ4n) is 7.76. The highest BCUT2D eigenvalue weighted by Gasteiger charge is 2.38. The summed E-state index contributed by atoms with van der Waals surface area (Å²) in [6, 6.07) is 0. The summed E-state index contributed by atoms with van der Waals surface area (Å²) >= 11 is 0. The topological polar surface area (TPSA) is 82.3 Å². The Morgan fingerprint density at radius 2 is 0.842 bits per heavy atom. The minimum atomic E-state index is 0.169. The van der Waals surface area contributed by atoms with E-state index in [0.29, 0.717) is 24.7 Å². The van der Waals surface area contributed by atoms with E-state index in [1.165, 1.54) is 25.7 Å². The third-order valence-electron chi connectivity index (χ3n) is 8.36. The van der Waals surface area contributed by atoms with E-state index in [-0.39, 0.29) is 34.0 Å². The first-order valence-corrected chi connectivity index (χ1v) is 15.7. The standard InChI is InChI=1S/C32H62N4O2/c1-29(2)21-25(22-30(3,4)35-29)17-19-33-27(37)15-13-11-9-10-12-14-16-28(38)34-20-18-26-23-31(5,6)36-32(7,8)24-26/h25-26,35-36H,9-24H2,1-8H3,(H,33,37)(H,34,38). The van der Waals surface area contributed by atoms with Crippen LogP contribution >= 0.6 is 0 Å². The molecule has 38 heavy (non-hydrogen) atoms. The van der Waals surface area contributed by atoms with E-state index >= 15 is 0 Å². The molecule has 0 radical (unpaired) electrons. The van der Waals surface area contributed by atoms with Crippen LogP contribution in [0.2, 0.25) is 0 Å². The van der Waals surface area contributed by atoms with Crippen LogP contribution in [0.15, 0.2) is 0 Å². The minimum absolute atomic E-state index is 0.169. The molecule has 0 aromatic heterocycles. The van der Waals surface area contributed by atoms with Crippen molar-refractivity contribution in [2.75, 3.05) is 13.1 Å². The zero-order chi connectivity index (χ0) is 28.5. The number of piperidine rings is 2.